The van der Waals surface area contributed by atoms with Crippen molar-refractivity contribution in [1.82, 2.24) is 0 Å². The quantitative estimate of drug-likeness (QED) is 0.226. The number of unbranched alkanes of at least 4 members (excludes halogenated alkanes) is 5. The topological polar surface area (TPSA) is 26.3 Å². The van der Waals surface area contributed by atoms with Crippen molar-refractivity contribution in [1.29, 1.82) is 0 Å². The first-order chi connectivity index (χ1) is 16.8. The Morgan fingerprint density at radius 3 is 2.33 bits per heavy atom. The second kappa shape index (κ2) is 10.6. The molecule has 36 heavy (non-hydrogen) atoms. The average molecular weight is 515 g/mol. The van der Waals surface area contributed by atoms with E-state index in [1.165, 1.54) is 89.0 Å². The molecule has 3 saturated carbocycles. The molecule has 0 aliphatic heterocycles. The van der Waals surface area contributed by atoms with Crippen molar-refractivity contribution in [2.75, 3.05) is 0 Å². The van der Waals surface area contributed by atoms with Crippen LogP contribution in [0, 0.1) is 34.5 Å². The van der Waals surface area contributed by atoms with E-state index in [1.807, 2.05) is 0 Å². The molecule has 0 aromatic heterocycles. The van der Waals surface area contributed by atoms with Crippen LogP contribution in [0.25, 0.3) is 0 Å². The fourth-order valence-electron chi connectivity index (χ4n) is 8.82. The monoisotopic (exact) mass is 514 g/mol. The highest BCUT2D eigenvalue weighted by Gasteiger charge is 2.60. The summed E-state index contributed by atoms with van der Waals surface area (Å²) >= 11 is 0. The number of hydrogen-bond acceptors (Lipinski definition) is 2. The summed E-state index contributed by atoms with van der Waals surface area (Å²) in [5, 5.41) is 0.234. The number of ketones is 1. The van der Waals surface area contributed by atoms with Crippen molar-refractivity contribution >= 4 is 14.1 Å². The minimum Gasteiger partial charge on any atom is -0.414 e. The number of fused-ring (bicyclic) bond motifs is 5. The molecule has 3 fully saturated rings. The van der Waals surface area contributed by atoms with E-state index in [0.717, 1.165) is 12.3 Å². The first-order valence-electron chi connectivity index (χ1n) is 15.8. The summed E-state index contributed by atoms with van der Waals surface area (Å²) in [5.74, 6) is 2.78. The molecule has 0 saturated heterocycles. The molecule has 0 amide bonds. The van der Waals surface area contributed by atoms with Gasteiger partial charge >= 0.3 is 0 Å². The Kier molecular flexibility index (Phi) is 8.44. The SMILES string of the molecule is CCCCCCCC[C@H]1CC[C@H]2[C@@H]3C(=O)C=C4C[C@@H](O[Si](C)(C)C(C)(C)C)CC[C@]4(C)[C@H]3CC[C@]12C. The molecule has 4 rings (SSSR count). The Labute approximate surface area is 224 Å². The van der Waals surface area contributed by atoms with Gasteiger partial charge in [0.1, 0.15) is 0 Å². The largest absolute Gasteiger partial charge is 0.414 e. The summed E-state index contributed by atoms with van der Waals surface area (Å²) in [7, 11) is -1.79. The number of carbonyl (C=O) groups excluding carboxylic acids is 1. The van der Waals surface area contributed by atoms with Crippen LogP contribution >= 0.6 is 0 Å². The summed E-state index contributed by atoms with van der Waals surface area (Å²) < 4.78 is 6.86. The Morgan fingerprint density at radius 2 is 1.64 bits per heavy atom. The summed E-state index contributed by atoms with van der Waals surface area (Å²) in [5.41, 5.74) is 2.05. The predicted molar refractivity (Wildman–Crippen MR) is 156 cm³/mol. The second-order valence-corrected chi connectivity index (χ2v) is 20.1. The van der Waals surface area contributed by atoms with Gasteiger partial charge in [0.05, 0.1) is 0 Å². The summed E-state index contributed by atoms with van der Waals surface area (Å²) in [6.07, 6.45) is 20.8. The Bertz CT molecular complexity index is 822. The van der Waals surface area contributed by atoms with Gasteiger partial charge in [-0.3, -0.25) is 4.79 Å². The molecule has 7 atom stereocenters. The van der Waals surface area contributed by atoms with E-state index >= 15 is 0 Å². The lowest BCUT2D eigenvalue weighted by Gasteiger charge is -2.57. The highest BCUT2D eigenvalue weighted by atomic mass is 28.4. The second-order valence-electron chi connectivity index (χ2n) is 15.3. The molecular weight excluding hydrogens is 456 g/mol. The van der Waals surface area contributed by atoms with Crippen molar-refractivity contribution in [3.8, 4) is 0 Å². The van der Waals surface area contributed by atoms with Crippen LogP contribution in [0.1, 0.15) is 131 Å². The van der Waals surface area contributed by atoms with Gasteiger partial charge in [-0.2, -0.15) is 0 Å². The lowest BCUT2D eigenvalue weighted by molar-refractivity contribution is -0.134. The van der Waals surface area contributed by atoms with Crippen molar-refractivity contribution < 1.29 is 9.22 Å². The molecule has 2 nitrogen and oxygen atoms in total. The molecule has 206 valence electrons. The van der Waals surface area contributed by atoms with Crippen molar-refractivity contribution in [2.24, 2.45) is 34.5 Å². The Hall–Kier alpha value is -0.413. The van der Waals surface area contributed by atoms with Crippen molar-refractivity contribution in [3.05, 3.63) is 11.6 Å². The van der Waals surface area contributed by atoms with Crippen molar-refractivity contribution in [3.63, 3.8) is 0 Å². The van der Waals surface area contributed by atoms with Gasteiger partial charge in [-0.15, -0.1) is 0 Å². The molecule has 0 bridgehead atoms. The van der Waals surface area contributed by atoms with Gasteiger partial charge < -0.3 is 4.43 Å². The molecule has 0 radical (unpaired) electrons. The maximum absolute atomic E-state index is 13.8. The van der Waals surface area contributed by atoms with Gasteiger partial charge in [0.2, 0.25) is 0 Å². The zero-order valence-corrected chi connectivity index (χ0v) is 26.2. The van der Waals surface area contributed by atoms with Crippen LogP contribution in [0.5, 0.6) is 0 Å². The van der Waals surface area contributed by atoms with Gasteiger partial charge in [0, 0.05) is 12.0 Å². The van der Waals surface area contributed by atoms with Crippen LogP contribution in [-0.4, -0.2) is 20.2 Å². The number of rotatable bonds is 9. The normalized spacial score (nSPS) is 38.8. The average Bonchev–Trinajstić information content (AvgIpc) is 3.12. The van der Waals surface area contributed by atoms with Crippen LogP contribution < -0.4 is 0 Å². The fourth-order valence-corrected chi connectivity index (χ4v) is 10.2. The molecule has 0 heterocycles. The van der Waals surface area contributed by atoms with Gasteiger partial charge in [0.25, 0.3) is 0 Å². The third kappa shape index (κ3) is 5.23. The minimum absolute atomic E-state index is 0.213. The van der Waals surface area contributed by atoms with E-state index < -0.39 is 8.32 Å². The highest BCUT2D eigenvalue weighted by Crippen LogP contribution is 2.66. The third-order valence-electron chi connectivity index (χ3n) is 12.3. The standard InChI is InChI=1S/C33H58O2Si/c1-9-10-11-12-13-14-15-24-16-17-27-30-28(19-21-32(24,27)5)33(6)20-18-26(22-25(33)23-29(30)34)35-36(7,8)31(2,3)4/h23-24,26-28,30H,9-22H2,1-8H3/t24-,26-,27-,28-,30-,32+,33-/m0/s1. The van der Waals surface area contributed by atoms with Crippen LogP contribution in [0.15, 0.2) is 11.6 Å². The molecule has 0 aromatic rings. The molecule has 0 spiro atoms. The molecule has 4 aliphatic carbocycles. The Balaban J connectivity index is 1.44. The van der Waals surface area contributed by atoms with E-state index in [4.69, 9.17) is 4.43 Å². The van der Waals surface area contributed by atoms with Gasteiger partial charge in [-0.25, -0.2) is 0 Å². The third-order valence-corrected chi connectivity index (χ3v) is 16.8. The summed E-state index contributed by atoms with van der Waals surface area (Å²) in [6.45, 7) is 19.2. The molecule has 3 heteroatoms. The van der Waals surface area contributed by atoms with Crippen LogP contribution in [0.3, 0.4) is 0 Å². The van der Waals surface area contributed by atoms with Crippen LogP contribution in [-0.2, 0) is 9.22 Å². The van der Waals surface area contributed by atoms with Crippen molar-refractivity contribution in [2.45, 2.75) is 156 Å². The maximum atomic E-state index is 13.8. The van der Waals surface area contributed by atoms with E-state index in [0.29, 0.717) is 29.1 Å². The molecule has 4 aliphatic rings. The number of allylic oxidation sites excluding steroid dienone is 1. The zero-order chi connectivity index (χ0) is 26.4. The van der Waals surface area contributed by atoms with Gasteiger partial charge in [-0.1, -0.05) is 85.6 Å². The zero-order valence-electron chi connectivity index (χ0n) is 25.2. The first-order valence-corrected chi connectivity index (χ1v) is 18.7. The van der Waals surface area contributed by atoms with E-state index in [2.05, 4.69) is 60.7 Å². The van der Waals surface area contributed by atoms with E-state index in [1.54, 1.807) is 0 Å². The number of hydrogen-bond donors (Lipinski definition) is 0. The van der Waals surface area contributed by atoms with Crippen LogP contribution in [0.2, 0.25) is 18.1 Å². The predicted octanol–water partition coefficient (Wildman–Crippen LogP) is 9.89. The van der Waals surface area contributed by atoms with E-state index in [-0.39, 0.29) is 16.4 Å². The first kappa shape index (κ1) is 28.6. The highest BCUT2D eigenvalue weighted by molar-refractivity contribution is 6.74. The van der Waals surface area contributed by atoms with Gasteiger partial charge in [0.15, 0.2) is 14.1 Å². The summed E-state index contributed by atoms with van der Waals surface area (Å²) in [4.78, 5) is 13.8. The molecule has 0 aromatic carbocycles. The lowest BCUT2D eigenvalue weighted by atomic mass is 9.47. The molecular formula is C33H58O2Si. The van der Waals surface area contributed by atoms with Gasteiger partial charge in [-0.05, 0) is 104 Å². The number of carbonyl (C=O) groups is 1. The lowest BCUT2D eigenvalue weighted by Crippen LogP contribution is -2.54. The smallest absolute Gasteiger partial charge is 0.192 e. The van der Waals surface area contributed by atoms with Crippen LogP contribution in [0.4, 0.5) is 0 Å². The summed E-state index contributed by atoms with van der Waals surface area (Å²) in [6, 6.07) is 0. The minimum atomic E-state index is -1.79. The maximum Gasteiger partial charge on any atom is 0.192 e. The molecule has 0 unspecified atom stereocenters. The Morgan fingerprint density at radius 1 is 0.944 bits per heavy atom. The van der Waals surface area contributed by atoms with E-state index in [9.17, 15) is 4.79 Å². The molecule has 0 N–H and O–H groups in total. The fraction of sp³-hybridized carbons (Fsp3) is 0.909.